The number of carbonyl (C=O) groups is 2. The first-order valence-corrected chi connectivity index (χ1v) is 9.11. The molecule has 0 spiro atoms. The summed E-state index contributed by atoms with van der Waals surface area (Å²) in [6.45, 7) is 6.40. The second-order valence-corrected chi connectivity index (χ2v) is 6.01. The molecule has 0 aliphatic heterocycles. The third-order valence-corrected chi connectivity index (χ3v) is 3.81. The van der Waals surface area contributed by atoms with Crippen molar-refractivity contribution in [1.29, 1.82) is 0 Å². The van der Waals surface area contributed by atoms with Crippen molar-refractivity contribution in [3.63, 3.8) is 0 Å². The molecule has 6 heteroatoms. The molecular formula is C22H24O6. The molecule has 6 nitrogen and oxygen atoms in total. The molecule has 0 saturated carbocycles. The second kappa shape index (κ2) is 10.8. The Kier molecular flexibility index (Phi) is 8.09. The first kappa shape index (κ1) is 21.0. The van der Waals surface area contributed by atoms with Gasteiger partial charge in [0.25, 0.3) is 0 Å². The molecule has 0 atom stereocenters. The highest BCUT2D eigenvalue weighted by Crippen LogP contribution is 2.25. The molecule has 0 aliphatic rings. The van der Waals surface area contributed by atoms with Gasteiger partial charge in [-0.3, -0.25) is 0 Å². The van der Waals surface area contributed by atoms with Gasteiger partial charge in [-0.05, 0) is 55.3 Å². The Morgan fingerprint density at radius 2 is 1.75 bits per heavy atom. The molecule has 0 fully saturated rings. The van der Waals surface area contributed by atoms with Gasteiger partial charge < -0.3 is 19.3 Å². The number of ether oxygens (including phenoxy) is 3. The van der Waals surface area contributed by atoms with Crippen molar-refractivity contribution in [3.8, 4) is 17.2 Å². The summed E-state index contributed by atoms with van der Waals surface area (Å²) in [7, 11) is 0. The van der Waals surface area contributed by atoms with E-state index < -0.39 is 11.9 Å². The Labute approximate surface area is 164 Å². The van der Waals surface area contributed by atoms with Gasteiger partial charge in [0.05, 0.1) is 18.8 Å². The Bertz CT molecular complexity index is 810. The van der Waals surface area contributed by atoms with Crippen molar-refractivity contribution in [2.75, 3.05) is 13.2 Å². The number of hydrogen-bond acceptors (Lipinski definition) is 6. The molecule has 0 aliphatic carbocycles. The summed E-state index contributed by atoms with van der Waals surface area (Å²) in [5.74, 6) is -0.736. The summed E-state index contributed by atoms with van der Waals surface area (Å²) in [5, 5.41) is 9.86. The van der Waals surface area contributed by atoms with Gasteiger partial charge in [-0.15, -0.1) is 6.58 Å². The van der Waals surface area contributed by atoms with Gasteiger partial charge in [-0.2, -0.15) is 0 Å². The average Bonchev–Trinajstić information content (AvgIpc) is 2.70. The van der Waals surface area contributed by atoms with E-state index in [1.807, 2.05) is 0 Å². The van der Waals surface area contributed by atoms with Gasteiger partial charge in [-0.1, -0.05) is 19.4 Å². The van der Waals surface area contributed by atoms with Crippen molar-refractivity contribution in [2.45, 2.75) is 26.2 Å². The summed E-state index contributed by atoms with van der Waals surface area (Å²) in [5.41, 5.74) is 0.264. The molecule has 2 aromatic rings. The van der Waals surface area contributed by atoms with E-state index in [1.165, 1.54) is 18.2 Å². The number of hydrogen-bond donors (Lipinski definition) is 1. The maximum atomic E-state index is 12.3. The number of phenolic OH excluding ortho intramolecular Hbond substituents is 1. The van der Waals surface area contributed by atoms with Crippen LogP contribution in [0.1, 0.15) is 46.9 Å². The highest BCUT2D eigenvalue weighted by Gasteiger charge is 2.16. The molecule has 0 amide bonds. The molecule has 0 bridgehead atoms. The number of esters is 2. The largest absolute Gasteiger partial charge is 0.507 e. The van der Waals surface area contributed by atoms with Crippen LogP contribution >= 0.6 is 0 Å². The van der Waals surface area contributed by atoms with E-state index in [2.05, 4.69) is 13.5 Å². The number of phenols is 1. The van der Waals surface area contributed by atoms with Gasteiger partial charge >= 0.3 is 11.9 Å². The van der Waals surface area contributed by atoms with Gasteiger partial charge in [0, 0.05) is 0 Å². The van der Waals surface area contributed by atoms with Crippen LogP contribution in [0.4, 0.5) is 0 Å². The van der Waals surface area contributed by atoms with Gasteiger partial charge in [-0.25, -0.2) is 9.59 Å². The maximum Gasteiger partial charge on any atom is 0.343 e. The zero-order valence-corrected chi connectivity index (χ0v) is 15.8. The van der Waals surface area contributed by atoms with E-state index in [0.29, 0.717) is 24.3 Å². The molecule has 0 radical (unpaired) electrons. The van der Waals surface area contributed by atoms with Crippen molar-refractivity contribution in [2.24, 2.45) is 0 Å². The lowest BCUT2D eigenvalue weighted by molar-refractivity contribution is 0.0506. The second-order valence-electron chi connectivity index (χ2n) is 6.01. The van der Waals surface area contributed by atoms with Gasteiger partial charge in [0.1, 0.15) is 22.8 Å². The Balaban J connectivity index is 2.02. The number of rotatable bonds is 10. The van der Waals surface area contributed by atoms with Crippen LogP contribution in [0.2, 0.25) is 0 Å². The fourth-order valence-electron chi connectivity index (χ4n) is 2.24. The summed E-state index contributed by atoms with van der Waals surface area (Å²) < 4.78 is 15.9. The number of aromatic hydroxyl groups is 1. The normalized spacial score (nSPS) is 10.2. The standard InChI is InChI=1S/C22H24O6/c1-3-5-13-26-17-9-7-16(8-10-17)21(24)28-18-11-12-20(23)19(15-18)22(25)27-14-6-4-2/h4,7-12,15,23H,2-3,5-6,13-14H2,1H3. The highest BCUT2D eigenvalue weighted by molar-refractivity contribution is 5.94. The van der Waals surface area contributed by atoms with Crippen LogP contribution in [0.3, 0.4) is 0 Å². The Morgan fingerprint density at radius 1 is 1.04 bits per heavy atom. The Hall–Kier alpha value is -3.28. The third-order valence-electron chi connectivity index (χ3n) is 3.81. The zero-order valence-electron chi connectivity index (χ0n) is 15.8. The molecule has 0 aromatic heterocycles. The fraction of sp³-hybridized carbons (Fsp3) is 0.273. The van der Waals surface area contributed by atoms with E-state index in [4.69, 9.17) is 14.2 Å². The smallest absolute Gasteiger partial charge is 0.343 e. The van der Waals surface area contributed by atoms with E-state index in [1.54, 1.807) is 30.3 Å². The molecule has 0 saturated heterocycles. The summed E-state index contributed by atoms with van der Waals surface area (Å²) in [4.78, 5) is 24.3. The van der Waals surface area contributed by atoms with Crippen molar-refractivity contribution in [1.82, 2.24) is 0 Å². The van der Waals surface area contributed by atoms with Crippen molar-refractivity contribution in [3.05, 3.63) is 66.2 Å². The van der Waals surface area contributed by atoms with Crippen LogP contribution in [0.5, 0.6) is 17.2 Å². The predicted octanol–water partition coefficient (Wildman–Crippen LogP) is 4.52. The quantitative estimate of drug-likeness (QED) is 0.281. The molecule has 2 aromatic carbocycles. The Morgan fingerprint density at radius 3 is 2.43 bits per heavy atom. The minimum atomic E-state index is -0.703. The van der Waals surface area contributed by atoms with Crippen LogP contribution < -0.4 is 9.47 Å². The van der Waals surface area contributed by atoms with Crippen LogP contribution in [-0.2, 0) is 4.74 Å². The molecule has 28 heavy (non-hydrogen) atoms. The highest BCUT2D eigenvalue weighted by atomic mass is 16.5. The zero-order chi connectivity index (χ0) is 20.4. The molecular weight excluding hydrogens is 360 g/mol. The first-order valence-electron chi connectivity index (χ1n) is 9.11. The lowest BCUT2D eigenvalue weighted by Crippen LogP contribution is -2.10. The predicted molar refractivity (Wildman–Crippen MR) is 105 cm³/mol. The topological polar surface area (TPSA) is 82.1 Å². The van der Waals surface area contributed by atoms with E-state index >= 15 is 0 Å². The van der Waals surface area contributed by atoms with Crippen LogP contribution in [0.15, 0.2) is 55.1 Å². The third kappa shape index (κ3) is 6.16. The van der Waals surface area contributed by atoms with Gasteiger partial charge in [0.2, 0.25) is 0 Å². The molecule has 0 unspecified atom stereocenters. The molecule has 0 heterocycles. The SMILES string of the molecule is C=CCCOC(=O)c1cc(OC(=O)c2ccc(OCCCC)cc2)ccc1O. The fourth-order valence-corrected chi connectivity index (χ4v) is 2.24. The molecule has 148 valence electrons. The summed E-state index contributed by atoms with van der Waals surface area (Å²) in [6.07, 6.45) is 4.12. The lowest BCUT2D eigenvalue weighted by Gasteiger charge is -2.09. The molecule has 1 N–H and O–H groups in total. The summed E-state index contributed by atoms with van der Waals surface area (Å²) >= 11 is 0. The van der Waals surface area contributed by atoms with Crippen molar-refractivity contribution >= 4 is 11.9 Å². The van der Waals surface area contributed by atoms with E-state index in [9.17, 15) is 14.7 Å². The summed E-state index contributed by atoms with van der Waals surface area (Å²) in [6, 6.07) is 10.6. The minimum Gasteiger partial charge on any atom is -0.507 e. The number of benzene rings is 2. The van der Waals surface area contributed by atoms with Crippen LogP contribution in [-0.4, -0.2) is 30.3 Å². The minimum absolute atomic E-state index is 0.0750. The van der Waals surface area contributed by atoms with Crippen LogP contribution in [0.25, 0.3) is 0 Å². The van der Waals surface area contributed by atoms with E-state index in [0.717, 1.165) is 12.8 Å². The first-order chi connectivity index (χ1) is 13.5. The number of carbonyl (C=O) groups excluding carboxylic acids is 2. The molecule has 2 rings (SSSR count). The monoisotopic (exact) mass is 384 g/mol. The van der Waals surface area contributed by atoms with Crippen molar-refractivity contribution < 1.29 is 28.9 Å². The average molecular weight is 384 g/mol. The maximum absolute atomic E-state index is 12.3. The van der Waals surface area contributed by atoms with Gasteiger partial charge in [0.15, 0.2) is 0 Å². The number of unbranched alkanes of at least 4 members (excludes halogenated alkanes) is 1. The van der Waals surface area contributed by atoms with E-state index in [-0.39, 0.29) is 23.7 Å². The van der Waals surface area contributed by atoms with Crippen LogP contribution in [0, 0.1) is 0 Å². The lowest BCUT2D eigenvalue weighted by atomic mass is 10.2.